The Balaban J connectivity index is 1.85. The number of rotatable bonds is 2. The van der Waals surface area contributed by atoms with Crippen molar-refractivity contribution in [1.82, 2.24) is 0 Å². The van der Waals surface area contributed by atoms with Crippen LogP contribution in [0.4, 0.5) is 0 Å². The van der Waals surface area contributed by atoms with Gasteiger partial charge in [0.05, 0.1) is 17.4 Å². The van der Waals surface area contributed by atoms with Crippen LogP contribution in [0.1, 0.15) is 67.6 Å². The molecule has 4 rings (SSSR count). The first kappa shape index (κ1) is 23.6. The average molecular weight is 471 g/mol. The van der Waals surface area contributed by atoms with Crippen LogP contribution in [0.5, 0.6) is 5.75 Å². The summed E-state index contributed by atoms with van der Waals surface area (Å²) in [6.07, 6.45) is 0.614. The number of hydrogen-bond donors (Lipinski definition) is 1. The van der Waals surface area contributed by atoms with Gasteiger partial charge in [0.15, 0.2) is 23.1 Å². The van der Waals surface area contributed by atoms with E-state index in [0.717, 1.165) is 0 Å². The standard InChI is InChI=1S/C26H27ClO6/c1-10(27)14-9-16(26(3,4)5)22(30)21-15(14)7-12-6-13-8-17(29)18(11(2)28)23(31)20(13)24(32)19(12)25(21)33/h9,12-13,18-20,30H,1,6-8H2,2-5H3. The Bertz CT molecular complexity index is 1150. The largest absolute Gasteiger partial charge is 0.507 e. The first-order valence-electron chi connectivity index (χ1n) is 11.1. The lowest BCUT2D eigenvalue weighted by Crippen LogP contribution is -2.55. The summed E-state index contributed by atoms with van der Waals surface area (Å²) in [5.74, 6) is -7.56. The molecule has 1 aromatic rings. The summed E-state index contributed by atoms with van der Waals surface area (Å²) in [4.78, 5) is 64.6. The third-order valence-electron chi connectivity index (χ3n) is 7.45. The highest BCUT2D eigenvalue weighted by Gasteiger charge is 2.57. The van der Waals surface area contributed by atoms with Gasteiger partial charge in [0.2, 0.25) is 0 Å². The van der Waals surface area contributed by atoms with E-state index < -0.39 is 63.9 Å². The second-order valence-electron chi connectivity index (χ2n) is 10.6. The average Bonchev–Trinajstić information content (AvgIpc) is 2.65. The van der Waals surface area contributed by atoms with Crippen LogP contribution in [0.3, 0.4) is 0 Å². The van der Waals surface area contributed by atoms with Gasteiger partial charge in [-0.3, -0.25) is 24.0 Å². The first-order chi connectivity index (χ1) is 15.3. The molecule has 0 bridgehead atoms. The van der Waals surface area contributed by atoms with E-state index in [1.54, 1.807) is 6.07 Å². The molecule has 0 saturated heterocycles. The van der Waals surface area contributed by atoms with Crippen molar-refractivity contribution in [3.63, 3.8) is 0 Å². The number of phenolic OH excluding ortho intramolecular Hbond substituents is 1. The molecule has 2 fully saturated rings. The van der Waals surface area contributed by atoms with Gasteiger partial charge in [-0.15, -0.1) is 0 Å². The predicted octanol–water partition coefficient (Wildman–Crippen LogP) is 3.82. The Hall–Kier alpha value is -2.60. The SMILES string of the molecule is C=C(Cl)c1cc(C(C)(C)C)c(O)c2c1CC1CC3CC(=O)C(C(C)=O)C(=O)C3C(=O)C1C2=O. The van der Waals surface area contributed by atoms with Crippen molar-refractivity contribution < 1.29 is 29.1 Å². The van der Waals surface area contributed by atoms with Gasteiger partial charge in [0.25, 0.3) is 0 Å². The molecule has 2 saturated carbocycles. The molecular weight excluding hydrogens is 444 g/mol. The van der Waals surface area contributed by atoms with E-state index in [9.17, 15) is 29.1 Å². The number of benzene rings is 1. The molecule has 0 amide bonds. The summed E-state index contributed by atoms with van der Waals surface area (Å²) in [7, 11) is 0. The van der Waals surface area contributed by atoms with Crippen LogP contribution in [0, 0.1) is 29.6 Å². The Kier molecular flexibility index (Phi) is 5.51. The molecule has 0 aliphatic heterocycles. The minimum Gasteiger partial charge on any atom is -0.507 e. The Morgan fingerprint density at radius 1 is 1.06 bits per heavy atom. The maximum Gasteiger partial charge on any atom is 0.177 e. The monoisotopic (exact) mass is 470 g/mol. The molecule has 174 valence electrons. The fraction of sp³-hybridized carbons (Fsp3) is 0.500. The third kappa shape index (κ3) is 3.50. The van der Waals surface area contributed by atoms with E-state index in [1.807, 2.05) is 20.8 Å². The number of phenols is 1. The number of carbonyl (C=O) groups is 5. The zero-order valence-electron chi connectivity index (χ0n) is 19.2. The topological polar surface area (TPSA) is 106 Å². The van der Waals surface area contributed by atoms with Gasteiger partial charge in [-0.1, -0.05) is 39.0 Å². The molecule has 6 nitrogen and oxygen atoms in total. The molecule has 3 aliphatic rings. The molecule has 0 aromatic heterocycles. The number of fused-ring (bicyclic) bond motifs is 3. The van der Waals surface area contributed by atoms with Crippen molar-refractivity contribution in [2.45, 2.75) is 52.4 Å². The van der Waals surface area contributed by atoms with Crippen LogP contribution in [-0.4, -0.2) is 34.0 Å². The maximum atomic E-state index is 13.7. The number of halogens is 1. The molecule has 1 N–H and O–H groups in total. The van der Waals surface area contributed by atoms with E-state index in [4.69, 9.17) is 11.6 Å². The normalized spacial score (nSPS) is 29.3. The lowest BCUT2D eigenvalue weighted by atomic mass is 9.55. The zero-order chi connectivity index (χ0) is 24.6. The Labute approximate surface area is 197 Å². The van der Waals surface area contributed by atoms with E-state index >= 15 is 0 Å². The molecule has 1 aromatic carbocycles. The lowest BCUT2D eigenvalue weighted by molar-refractivity contribution is -0.152. The van der Waals surface area contributed by atoms with Gasteiger partial charge >= 0.3 is 0 Å². The lowest BCUT2D eigenvalue weighted by Gasteiger charge is -2.44. The van der Waals surface area contributed by atoms with Crippen molar-refractivity contribution in [1.29, 1.82) is 0 Å². The van der Waals surface area contributed by atoms with Crippen LogP contribution in [0.25, 0.3) is 5.03 Å². The van der Waals surface area contributed by atoms with Gasteiger partial charge in [-0.25, -0.2) is 0 Å². The van der Waals surface area contributed by atoms with E-state index in [2.05, 4.69) is 6.58 Å². The Morgan fingerprint density at radius 3 is 2.21 bits per heavy atom. The molecule has 7 heteroatoms. The molecule has 5 atom stereocenters. The zero-order valence-corrected chi connectivity index (χ0v) is 19.9. The second-order valence-corrected chi connectivity index (χ2v) is 11.1. The highest BCUT2D eigenvalue weighted by atomic mass is 35.5. The number of ketones is 5. The van der Waals surface area contributed by atoms with Crippen LogP contribution < -0.4 is 0 Å². The first-order valence-corrected chi connectivity index (χ1v) is 11.5. The molecule has 0 heterocycles. The van der Waals surface area contributed by atoms with Crippen molar-refractivity contribution in [2.24, 2.45) is 29.6 Å². The fourth-order valence-corrected chi connectivity index (χ4v) is 6.17. The van der Waals surface area contributed by atoms with Gasteiger partial charge in [0.1, 0.15) is 17.5 Å². The van der Waals surface area contributed by atoms with Crippen LogP contribution in [0.2, 0.25) is 0 Å². The van der Waals surface area contributed by atoms with E-state index in [1.165, 1.54) is 6.92 Å². The molecule has 0 spiro atoms. The third-order valence-corrected chi connectivity index (χ3v) is 7.65. The van der Waals surface area contributed by atoms with Crippen LogP contribution >= 0.6 is 11.6 Å². The van der Waals surface area contributed by atoms with Gasteiger partial charge < -0.3 is 5.11 Å². The summed E-state index contributed by atoms with van der Waals surface area (Å²) in [6, 6.07) is 1.75. The summed E-state index contributed by atoms with van der Waals surface area (Å²) in [6.45, 7) is 10.7. The Morgan fingerprint density at radius 2 is 1.67 bits per heavy atom. The van der Waals surface area contributed by atoms with Crippen LogP contribution in [-0.2, 0) is 31.0 Å². The summed E-state index contributed by atoms with van der Waals surface area (Å²) in [5.41, 5.74) is 1.18. The number of Topliss-reactive ketones (excluding diaryl/α,β-unsaturated/α-hetero) is 5. The fourth-order valence-electron chi connectivity index (χ4n) is 6.00. The number of carbonyl (C=O) groups excluding carboxylic acids is 5. The van der Waals surface area contributed by atoms with Gasteiger partial charge in [-0.05, 0) is 54.2 Å². The number of aromatic hydroxyl groups is 1. The quantitative estimate of drug-likeness (QED) is 0.658. The molecule has 5 unspecified atom stereocenters. The smallest absolute Gasteiger partial charge is 0.177 e. The van der Waals surface area contributed by atoms with Crippen molar-refractivity contribution >= 4 is 45.5 Å². The minimum atomic E-state index is -1.43. The number of hydrogen-bond acceptors (Lipinski definition) is 6. The second kappa shape index (κ2) is 7.73. The van der Waals surface area contributed by atoms with Crippen LogP contribution in [0.15, 0.2) is 12.6 Å². The van der Waals surface area contributed by atoms with Gasteiger partial charge in [-0.2, -0.15) is 0 Å². The van der Waals surface area contributed by atoms with Gasteiger partial charge in [0, 0.05) is 17.0 Å². The maximum absolute atomic E-state index is 13.7. The highest BCUT2D eigenvalue weighted by molar-refractivity contribution is 6.48. The van der Waals surface area contributed by atoms with E-state index in [-0.39, 0.29) is 22.8 Å². The van der Waals surface area contributed by atoms with Crippen molar-refractivity contribution in [3.05, 3.63) is 34.9 Å². The van der Waals surface area contributed by atoms with Crippen molar-refractivity contribution in [2.75, 3.05) is 0 Å². The molecule has 3 aliphatic carbocycles. The molecule has 33 heavy (non-hydrogen) atoms. The summed E-state index contributed by atoms with van der Waals surface area (Å²) in [5, 5.41) is 11.3. The molecule has 0 radical (unpaired) electrons. The summed E-state index contributed by atoms with van der Waals surface area (Å²) >= 11 is 6.29. The highest BCUT2D eigenvalue weighted by Crippen LogP contribution is 2.50. The minimum absolute atomic E-state index is 0.0278. The van der Waals surface area contributed by atoms with Crippen molar-refractivity contribution in [3.8, 4) is 5.75 Å². The molecular formula is C26H27ClO6. The predicted molar refractivity (Wildman–Crippen MR) is 122 cm³/mol. The summed E-state index contributed by atoms with van der Waals surface area (Å²) < 4.78 is 0. The van der Waals surface area contributed by atoms with E-state index in [0.29, 0.717) is 29.5 Å².